The summed E-state index contributed by atoms with van der Waals surface area (Å²) in [6, 6.07) is 0. The molecule has 0 radical (unpaired) electrons. The molecule has 1 N–H and O–H groups in total. The monoisotopic (exact) mass is 436 g/mol. The van der Waals surface area contributed by atoms with Gasteiger partial charge in [0.2, 0.25) is 0 Å². The van der Waals surface area contributed by atoms with E-state index in [0.29, 0.717) is 0 Å². The molecule has 0 amide bonds. The van der Waals surface area contributed by atoms with Crippen molar-refractivity contribution >= 4 is 29.9 Å². The Morgan fingerprint density at radius 3 is 2.48 bits per heavy atom. The van der Waals surface area contributed by atoms with Gasteiger partial charge >= 0.3 is 0 Å². The average molecular weight is 436 g/mol. The number of guanidine groups is 1. The van der Waals surface area contributed by atoms with Crippen molar-refractivity contribution in [2.75, 3.05) is 59.0 Å². The molecule has 2 heterocycles. The zero-order chi connectivity index (χ0) is 15.2. The number of ether oxygens (including phenoxy) is 1. The molecule has 23 heavy (non-hydrogen) atoms. The van der Waals surface area contributed by atoms with Crippen molar-refractivity contribution in [3.63, 3.8) is 0 Å². The molecular weight excluding hydrogens is 403 g/mol. The zero-order valence-electron chi connectivity index (χ0n) is 14.5. The van der Waals surface area contributed by atoms with E-state index in [1.165, 1.54) is 32.2 Å². The Hall–Kier alpha value is -0.0800. The molecule has 6 heteroatoms. The van der Waals surface area contributed by atoms with Crippen LogP contribution in [0.15, 0.2) is 4.99 Å². The lowest BCUT2D eigenvalue weighted by atomic mass is 9.86. The maximum absolute atomic E-state index is 5.49. The molecule has 2 aliphatic heterocycles. The number of nitrogens with zero attached hydrogens (tertiary/aromatic N) is 3. The van der Waals surface area contributed by atoms with Gasteiger partial charge in [0.05, 0.1) is 6.61 Å². The molecule has 5 nitrogen and oxygen atoms in total. The van der Waals surface area contributed by atoms with Crippen molar-refractivity contribution in [1.82, 2.24) is 15.1 Å². The van der Waals surface area contributed by atoms with E-state index >= 15 is 0 Å². The summed E-state index contributed by atoms with van der Waals surface area (Å²) in [5.74, 6) is 2.74. The molecular formula is C17H33IN4O. The molecule has 3 fully saturated rings. The van der Waals surface area contributed by atoms with Crippen molar-refractivity contribution in [2.45, 2.75) is 32.6 Å². The number of hydrogen-bond donors (Lipinski definition) is 1. The lowest BCUT2D eigenvalue weighted by molar-refractivity contribution is 0.139. The topological polar surface area (TPSA) is 40.1 Å². The average Bonchev–Trinajstić information content (AvgIpc) is 2.98. The Labute approximate surface area is 158 Å². The molecule has 3 rings (SSSR count). The SMILES string of the molecule is CCNC(=NCC1CCC1)N1CCN(CC2CCOC2)CC1.I. The summed E-state index contributed by atoms with van der Waals surface area (Å²) in [6.45, 7) is 11.8. The standard InChI is InChI=1S/C17H32N4O.HI/c1-2-18-17(19-12-15-4-3-5-15)21-9-7-20(8-10-21)13-16-6-11-22-14-16;/h15-16H,2-14H2,1H3,(H,18,19);1H. The van der Waals surface area contributed by atoms with Gasteiger partial charge in [-0.25, -0.2) is 0 Å². The summed E-state index contributed by atoms with van der Waals surface area (Å²) in [7, 11) is 0. The van der Waals surface area contributed by atoms with Crippen LogP contribution >= 0.6 is 24.0 Å². The summed E-state index contributed by atoms with van der Waals surface area (Å²) in [5, 5.41) is 3.48. The van der Waals surface area contributed by atoms with Gasteiger partial charge in [0.1, 0.15) is 0 Å². The molecule has 3 aliphatic rings. The smallest absolute Gasteiger partial charge is 0.194 e. The number of hydrogen-bond acceptors (Lipinski definition) is 3. The van der Waals surface area contributed by atoms with E-state index in [2.05, 4.69) is 22.0 Å². The van der Waals surface area contributed by atoms with Gasteiger partial charge in [0.15, 0.2) is 5.96 Å². The summed E-state index contributed by atoms with van der Waals surface area (Å²) >= 11 is 0. The fourth-order valence-corrected chi connectivity index (χ4v) is 3.55. The Morgan fingerprint density at radius 2 is 1.91 bits per heavy atom. The number of nitrogens with one attached hydrogen (secondary N) is 1. The van der Waals surface area contributed by atoms with E-state index in [1.54, 1.807) is 0 Å². The first-order valence-electron chi connectivity index (χ1n) is 9.18. The van der Waals surface area contributed by atoms with Crippen LogP contribution < -0.4 is 5.32 Å². The summed E-state index contributed by atoms with van der Waals surface area (Å²) in [5.41, 5.74) is 0. The van der Waals surface area contributed by atoms with Crippen LogP contribution in [0.5, 0.6) is 0 Å². The van der Waals surface area contributed by atoms with Crippen LogP contribution in [0.2, 0.25) is 0 Å². The second-order valence-corrected chi connectivity index (χ2v) is 7.01. The van der Waals surface area contributed by atoms with Crippen molar-refractivity contribution in [3.8, 4) is 0 Å². The highest BCUT2D eigenvalue weighted by Crippen LogP contribution is 2.26. The highest BCUT2D eigenvalue weighted by atomic mass is 127. The highest BCUT2D eigenvalue weighted by Gasteiger charge is 2.24. The van der Waals surface area contributed by atoms with Gasteiger partial charge in [-0.15, -0.1) is 24.0 Å². The lowest BCUT2D eigenvalue weighted by Crippen LogP contribution is -2.53. The Kier molecular flexibility index (Phi) is 8.40. The van der Waals surface area contributed by atoms with Gasteiger partial charge in [-0.05, 0) is 38.0 Å². The largest absolute Gasteiger partial charge is 0.381 e. The third kappa shape index (κ3) is 5.74. The van der Waals surface area contributed by atoms with Gasteiger partial charge in [-0.3, -0.25) is 9.89 Å². The van der Waals surface area contributed by atoms with E-state index in [-0.39, 0.29) is 24.0 Å². The molecule has 1 unspecified atom stereocenters. The molecule has 2 saturated heterocycles. The van der Waals surface area contributed by atoms with Gasteiger partial charge in [-0.2, -0.15) is 0 Å². The van der Waals surface area contributed by atoms with E-state index in [1.807, 2.05) is 0 Å². The van der Waals surface area contributed by atoms with E-state index in [4.69, 9.17) is 9.73 Å². The first-order chi connectivity index (χ1) is 10.8. The van der Waals surface area contributed by atoms with Crippen molar-refractivity contribution in [3.05, 3.63) is 0 Å². The molecule has 0 aromatic heterocycles. The molecule has 1 atom stereocenters. The quantitative estimate of drug-likeness (QED) is 0.407. The maximum atomic E-state index is 5.49. The number of aliphatic imine (C=N–C) groups is 1. The first-order valence-corrected chi connectivity index (χ1v) is 9.18. The summed E-state index contributed by atoms with van der Waals surface area (Å²) < 4.78 is 5.49. The lowest BCUT2D eigenvalue weighted by Gasteiger charge is -2.37. The van der Waals surface area contributed by atoms with Crippen LogP contribution in [0.3, 0.4) is 0 Å². The number of piperazine rings is 1. The minimum Gasteiger partial charge on any atom is -0.381 e. The van der Waals surface area contributed by atoms with Gasteiger partial charge in [-0.1, -0.05) is 6.42 Å². The molecule has 0 spiro atoms. The Morgan fingerprint density at radius 1 is 1.13 bits per heavy atom. The minimum atomic E-state index is 0. The van der Waals surface area contributed by atoms with Gasteiger partial charge in [0, 0.05) is 52.4 Å². The number of rotatable bonds is 5. The molecule has 1 saturated carbocycles. The van der Waals surface area contributed by atoms with E-state index in [0.717, 1.165) is 70.3 Å². The van der Waals surface area contributed by atoms with Gasteiger partial charge in [0.25, 0.3) is 0 Å². The predicted octanol–water partition coefficient (Wildman–Crippen LogP) is 2.02. The molecule has 134 valence electrons. The van der Waals surface area contributed by atoms with Crippen LogP contribution in [0.4, 0.5) is 0 Å². The molecule has 1 aliphatic carbocycles. The predicted molar refractivity (Wildman–Crippen MR) is 106 cm³/mol. The number of halogens is 1. The first kappa shape index (κ1) is 19.2. The molecule has 0 bridgehead atoms. The molecule has 0 aromatic carbocycles. The Balaban J connectivity index is 0.00000192. The van der Waals surface area contributed by atoms with Gasteiger partial charge < -0.3 is 15.0 Å². The van der Waals surface area contributed by atoms with Crippen LogP contribution in [0, 0.1) is 11.8 Å². The summed E-state index contributed by atoms with van der Waals surface area (Å²) in [4.78, 5) is 9.93. The normalized spacial score (nSPS) is 26.7. The third-order valence-electron chi connectivity index (χ3n) is 5.27. The van der Waals surface area contributed by atoms with Crippen LogP contribution in [-0.2, 0) is 4.74 Å². The highest BCUT2D eigenvalue weighted by molar-refractivity contribution is 14.0. The van der Waals surface area contributed by atoms with Crippen molar-refractivity contribution in [1.29, 1.82) is 0 Å². The second kappa shape index (κ2) is 10.0. The van der Waals surface area contributed by atoms with Crippen molar-refractivity contribution in [2.24, 2.45) is 16.8 Å². The van der Waals surface area contributed by atoms with E-state index < -0.39 is 0 Å². The van der Waals surface area contributed by atoms with E-state index in [9.17, 15) is 0 Å². The minimum absolute atomic E-state index is 0. The Bertz CT molecular complexity index is 362. The van der Waals surface area contributed by atoms with Crippen LogP contribution in [0.25, 0.3) is 0 Å². The third-order valence-corrected chi connectivity index (χ3v) is 5.27. The fourth-order valence-electron chi connectivity index (χ4n) is 3.55. The maximum Gasteiger partial charge on any atom is 0.194 e. The second-order valence-electron chi connectivity index (χ2n) is 7.01. The van der Waals surface area contributed by atoms with Crippen LogP contribution in [-0.4, -0.2) is 74.8 Å². The fraction of sp³-hybridized carbons (Fsp3) is 0.941. The molecule has 0 aromatic rings. The summed E-state index contributed by atoms with van der Waals surface area (Å²) in [6.07, 6.45) is 5.40. The van der Waals surface area contributed by atoms with Crippen molar-refractivity contribution < 1.29 is 4.74 Å². The van der Waals surface area contributed by atoms with Crippen LogP contribution in [0.1, 0.15) is 32.6 Å². The zero-order valence-corrected chi connectivity index (χ0v) is 16.8.